The molecular weight excluding hydrogens is 435 g/mol. The monoisotopic (exact) mass is 458 g/mol. The van der Waals surface area contributed by atoms with Gasteiger partial charge in [0.15, 0.2) is 0 Å². The molecule has 0 radical (unpaired) electrons. The Labute approximate surface area is 168 Å². The Kier molecular flexibility index (Phi) is 5.66. The van der Waals surface area contributed by atoms with E-state index in [2.05, 4.69) is 113 Å². The first-order valence-electron chi connectivity index (χ1n) is 8.47. The number of anilines is 2. The Balaban J connectivity index is 1.81. The highest BCUT2D eigenvalue weighted by Gasteiger charge is 2.09. The number of nitrogens with one attached hydrogen (secondary N) is 1. The summed E-state index contributed by atoms with van der Waals surface area (Å²) in [4.78, 5) is 2.10. The number of rotatable bonds is 5. The molecule has 0 aliphatic rings. The number of aryl methyl sites for hydroxylation is 1. The van der Waals surface area contributed by atoms with Crippen molar-refractivity contribution in [1.82, 2.24) is 4.57 Å². The predicted molar refractivity (Wildman–Crippen MR) is 120 cm³/mol. The molecule has 0 aliphatic heterocycles. The zero-order chi connectivity index (χ0) is 18.7. The molecule has 0 saturated heterocycles. The lowest BCUT2D eigenvalue weighted by molar-refractivity contribution is 0.963. The zero-order valence-electron chi connectivity index (χ0n) is 15.5. The second kappa shape index (κ2) is 7.95. The van der Waals surface area contributed by atoms with Crippen LogP contribution in [0, 0.1) is 17.4 Å². The Morgan fingerprint density at radius 3 is 2.27 bits per heavy atom. The predicted octanol–water partition coefficient (Wildman–Crippen LogP) is 5.21. The van der Waals surface area contributed by atoms with E-state index in [-0.39, 0.29) is 0 Å². The molecule has 2 aromatic carbocycles. The van der Waals surface area contributed by atoms with Crippen molar-refractivity contribution < 1.29 is 0 Å². The van der Waals surface area contributed by atoms with E-state index in [4.69, 9.17) is 0 Å². The molecule has 0 fully saturated rings. The standard InChI is InChI=1S/C21H23IN4/c1-15-13-17(14-23-24-19-7-5-18(22)6-8-19)16(2)26(15)21-11-9-20(10-12-21)25(3)4/h5-14,24H,1-4H3/b23-14-. The third-order valence-corrected chi connectivity index (χ3v) is 5.06. The summed E-state index contributed by atoms with van der Waals surface area (Å²) in [6.45, 7) is 4.25. The van der Waals surface area contributed by atoms with Crippen LogP contribution in [0.15, 0.2) is 59.7 Å². The molecular formula is C21H23IN4. The van der Waals surface area contributed by atoms with Crippen molar-refractivity contribution in [2.24, 2.45) is 5.10 Å². The minimum absolute atomic E-state index is 0.981. The molecule has 3 aromatic rings. The summed E-state index contributed by atoms with van der Waals surface area (Å²) in [6.07, 6.45) is 1.88. The average molecular weight is 458 g/mol. The summed E-state index contributed by atoms with van der Waals surface area (Å²) in [6, 6.07) is 18.9. The molecule has 0 aliphatic carbocycles. The Morgan fingerprint density at radius 2 is 1.65 bits per heavy atom. The van der Waals surface area contributed by atoms with E-state index in [0.717, 1.165) is 16.9 Å². The van der Waals surface area contributed by atoms with Gasteiger partial charge in [0.2, 0.25) is 0 Å². The second-order valence-electron chi connectivity index (χ2n) is 6.45. The fraction of sp³-hybridized carbons (Fsp3) is 0.190. The molecule has 26 heavy (non-hydrogen) atoms. The first-order valence-corrected chi connectivity index (χ1v) is 9.55. The van der Waals surface area contributed by atoms with Crippen molar-refractivity contribution in [2.75, 3.05) is 24.4 Å². The van der Waals surface area contributed by atoms with Gasteiger partial charge in [0, 0.05) is 46.0 Å². The lowest BCUT2D eigenvalue weighted by Crippen LogP contribution is -2.08. The third-order valence-electron chi connectivity index (χ3n) is 4.34. The lowest BCUT2D eigenvalue weighted by atomic mass is 10.2. The summed E-state index contributed by atoms with van der Waals surface area (Å²) in [5.74, 6) is 0. The maximum Gasteiger partial charge on any atom is 0.0562 e. The van der Waals surface area contributed by atoms with Crippen LogP contribution in [0.5, 0.6) is 0 Å². The molecule has 0 unspecified atom stereocenters. The van der Waals surface area contributed by atoms with Gasteiger partial charge >= 0.3 is 0 Å². The van der Waals surface area contributed by atoms with Crippen LogP contribution >= 0.6 is 22.6 Å². The van der Waals surface area contributed by atoms with Crippen LogP contribution in [0.2, 0.25) is 0 Å². The quantitative estimate of drug-likeness (QED) is 0.324. The molecule has 5 heteroatoms. The summed E-state index contributed by atoms with van der Waals surface area (Å²) in [7, 11) is 4.10. The number of hydrogen-bond acceptors (Lipinski definition) is 3. The number of nitrogens with zero attached hydrogens (tertiary/aromatic N) is 3. The first kappa shape index (κ1) is 18.5. The van der Waals surface area contributed by atoms with Crippen molar-refractivity contribution >= 4 is 40.2 Å². The van der Waals surface area contributed by atoms with E-state index in [1.807, 2.05) is 18.3 Å². The van der Waals surface area contributed by atoms with Crippen LogP contribution in [-0.2, 0) is 0 Å². The molecule has 1 aromatic heterocycles. The Bertz CT molecular complexity index is 906. The molecule has 134 valence electrons. The van der Waals surface area contributed by atoms with E-state index in [1.165, 1.54) is 20.6 Å². The van der Waals surface area contributed by atoms with Gasteiger partial charge in [-0.15, -0.1) is 0 Å². The minimum atomic E-state index is 0.981. The zero-order valence-corrected chi connectivity index (χ0v) is 17.7. The second-order valence-corrected chi connectivity index (χ2v) is 7.70. The van der Waals surface area contributed by atoms with Crippen molar-refractivity contribution in [2.45, 2.75) is 13.8 Å². The van der Waals surface area contributed by atoms with E-state index in [9.17, 15) is 0 Å². The van der Waals surface area contributed by atoms with Crippen molar-refractivity contribution in [3.63, 3.8) is 0 Å². The largest absolute Gasteiger partial charge is 0.378 e. The topological polar surface area (TPSA) is 32.6 Å². The molecule has 1 heterocycles. The average Bonchev–Trinajstić information content (AvgIpc) is 2.90. The maximum atomic E-state index is 4.39. The van der Waals surface area contributed by atoms with Crippen molar-refractivity contribution in [3.8, 4) is 5.69 Å². The van der Waals surface area contributed by atoms with Gasteiger partial charge in [-0.05, 0) is 91.0 Å². The van der Waals surface area contributed by atoms with Crippen LogP contribution in [0.3, 0.4) is 0 Å². The van der Waals surface area contributed by atoms with Crippen LogP contribution in [0.4, 0.5) is 11.4 Å². The summed E-state index contributed by atoms with van der Waals surface area (Å²) >= 11 is 2.29. The molecule has 0 amide bonds. The molecule has 3 rings (SSSR count). The maximum absolute atomic E-state index is 4.39. The van der Waals surface area contributed by atoms with Gasteiger partial charge in [-0.25, -0.2) is 0 Å². The van der Waals surface area contributed by atoms with Crippen LogP contribution in [0.1, 0.15) is 17.0 Å². The van der Waals surface area contributed by atoms with E-state index in [0.29, 0.717) is 0 Å². The van der Waals surface area contributed by atoms with E-state index < -0.39 is 0 Å². The van der Waals surface area contributed by atoms with Gasteiger partial charge in [-0.2, -0.15) is 5.10 Å². The summed E-state index contributed by atoms with van der Waals surface area (Å²) in [5.41, 5.74) is 9.90. The molecule has 1 N–H and O–H groups in total. The molecule has 0 bridgehead atoms. The number of hydrogen-bond donors (Lipinski definition) is 1. The van der Waals surface area contributed by atoms with Gasteiger partial charge < -0.3 is 9.47 Å². The number of hydrazone groups is 1. The number of aromatic nitrogens is 1. The van der Waals surface area contributed by atoms with Gasteiger partial charge in [0.05, 0.1) is 11.9 Å². The number of halogens is 1. The highest BCUT2D eigenvalue weighted by molar-refractivity contribution is 14.1. The lowest BCUT2D eigenvalue weighted by Gasteiger charge is -2.14. The highest BCUT2D eigenvalue weighted by atomic mass is 127. The number of benzene rings is 2. The van der Waals surface area contributed by atoms with Crippen LogP contribution < -0.4 is 10.3 Å². The van der Waals surface area contributed by atoms with E-state index >= 15 is 0 Å². The fourth-order valence-electron chi connectivity index (χ4n) is 2.92. The third kappa shape index (κ3) is 4.09. The highest BCUT2D eigenvalue weighted by Crippen LogP contribution is 2.22. The van der Waals surface area contributed by atoms with Crippen molar-refractivity contribution in [1.29, 1.82) is 0 Å². The van der Waals surface area contributed by atoms with E-state index in [1.54, 1.807) is 0 Å². The smallest absolute Gasteiger partial charge is 0.0562 e. The fourth-order valence-corrected chi connectivity index (χ4v) is 3.28. The molecule has 0 saturated carbocycles. The summed E-state index contributed by atoms with van der Waals surface area (Å²) < 4.78 is 3.46. The van der Waals surface area contributed by atoms with Crippen molar-refractivity contribution in [3.05, 3.63) is 75.1 Å². The Hall–Kier alpha value is -2.28. The molecule has 0 atom stereocenters. The summed E-state index contributed by atoms with van der Waals surface area (Å²) in [5, 5.41) is 4.39. The van der Waals surface area contributed by atoms with Crippen LogP contribution in [-0.4, -0.2) is 24.9 Å². The first-order chi connectivity index (χ1) is 12.5. The normalized spacial score (nSPS) is 11.1. The SMILES string of the molecule is Cc1cc(/C=N\Nc2ccc(I)cc2)c(C)n1-c1ccc(N(C)C)cc1. The van der Waals surface area contributed by atoms with Gasteiger partial charge in [-0.3, -0.25) is 5.43 Å². The molecule has 4 nitrogen and oxygen atoms in total. The molecule has 0 spiro atoms. The minimum Gasteiger partial charge on any atom is -0.378 e. The van der Waals surface area contributed by atoms with Gasteiger partial charge in [0.25, 0.3) is 0 Å². The van der Waals surface area contributed by atoms with Crippen LogP contribution in [0.25, 0.3) is 5.69 Å². The Morgan fingerprint density at radius 1 is 1.00 bits per heavy atom. The van der Waals surface area contributed by atoms with Gasteiger partial charge in [-0.1, -0.05) is 0 Å². The van der Waals surface area contributed by atoms with Gasteiger partial charge in [0.1, 0.15) is 0 Å².